The number of carbonyl (C=O) groups excluding carboxylic acids is 1. The minimum Gasteiger partial charge on any atom is -0.367 e. The fourth-order valence-corrected chi connectivity index (χ4v) is 1.02. The van der Waals surface area contributed by atoms with Crippen LogP contribution in [-0.2, 0) is 9.63 Å². The number of halogens is 1. The highest BCUT2D eigenvalue weighted by atomic mass is 19.1. The van der Waals surface area contributed by atoms with Crippen LogP contribution in [0.3, 0.4) is 0 Å². The molecule has 4 heteroatoms. The molecule has 0 unspecified atom stereocenters. The maximum Gasteiger partial charge on any atom is 0.330 e. The zero-order chi connectivity index (χ0) is 10.1. The van der Waals surface area contributed by atoms with E-state index in [2.05, 4.69) is 0 Å². The van der Waals surface area contributed by atoms with Crippen LogP contribution in [0.4, 0.5) is 4.39 Å². The van der Waals surface area contributed by atoms with Gasteiger partial charge in [-0.05, 0) is 27.2 Å². The van der Waals surface area contributed by atoms with Gasteiger partial charge >= 0.3 is 5.97 Å². The number of alkyl halides is 1. The van der Waals surface area contributed by atoms with Crippen molar-refractivity contribution in [2.75, 3.05) is 13.1 Å². The van der Waals surface area contributed by atoms with Gasteiger partial charge in [0, 0.05) is 6.54 Å². The molecule has 1 atom stereocenters. The summed E-state index contributed by atoms with van der Waals surface area (Å²) in [5, 5.41) is 1.40. The lowest BCUT2D eigenvalue weighted by Crippen LogP contribution is -2.32. The molecule has 3 nitrogen and oxygen atoms in total. The van der Waals surface area contributed by atoms with Gasteiger partial charge in [0.1, 0.15) is 6.17 Å². The third kappa shape index (κ3) is 2.95. The Morgan fingerprint density at radius 3 is 2.54 bits per heavy atom. The predicted molar refractivity (Wildman–Crippen MR) is 46.6 cm³/mol. The number of hydroxylamine groups is 2. The highest BCUT2D eigenvalue weighted by Crippen LogP contribution is 2.19. The zero-order valence-corrected chi connectivity index (χ0v) is 8.34. The van der Waals surface area contributed by atoms with Gasteiger partial charge in [0.15, 0.2) is 0 Å². The van der Waals surface area contributed by atoms with Crippen LogP contribution >= 0.6 is 0 Å². The smallest absolute Gasteiger partial charge is 0.330 e. The van der Waals surface area contributed by atoms with E-state index in [9.17, 15) is 9.18 Å². The van der Waals surface area contributed by atoms with E-state index < -0.39 is 11.6 Å². The molecule has 1 heterocycles. The quantitative estimate of drug-likeness (QED) is 0.626. The van der Waals surface area contributed by atoms with Gasteiger partial charge in [-0.3, -0.25) is 0 Å². The van der Waals surface area contributed by atoms with Gasteiger partial charge in [-0.2, -0.15) is 0 Å². The molecule has 13 heavy (non-hydrogen) atoms. The maximum atomic E-state index is 12.7. The first kappa shape index (κ1) is 10.4. The Balaban J connectivity index is 2.37. The predicted octanol–water partition coefficient (Wildman–Crippen LogP) is 1.53. The molecule has 0 N–H and O–H groups in total. The summed E-state index contributed by atoms with van der Waals surface area (Å²) in [6, 6.07) is 0. The van der Waals surface area contributed by atoms with Crippen LogP contribution in [0.25, 0.3) is 0 Å². The summed E-state index contributed by atoms with van der Waals surface area (Å²) >= 11 is 0. The van der Waals surface area contributed by atoms with Crippen molar-refractivity contribution in [3.05, 3.63) is 0 Å². The van der Waals surface area contributed by atoms with Crippen LogP contribution in [0, 0.1) is 5.41 Å². The van der Waals surface area contributed by atoms with Gasteiger partial charge in [0.25, 0.3) is 0 Å². The molecular formula is C9H16FNO2. The summed E-state index contributed by atoms with van der Waals surface area (Å²) in [5.41, 5.74) is -0.519. The number of carbonyl (C=O) groups is 1. The molecule has 1 rings (SSSR count). The van der Waals surface area contributed by atoms with E-state index in [1.807, 2.05) is 0 Å². The molecule has 0 bridgehead atoms. The number of nitrogens with zero attached hydrogens (tertiary/aromatic N) is 1. The van der Waals surface area contributed by atoms with Gasteiger partial charge in [-0.15, -0.1) is 5.06 Å². The van der Waals surface area contributed by atoms with E-state index in [1.165, 1.54) is 5.06 Å². The van der Waals surface area contributed by atoms with Crippen LogP contribution in [0.15, 0.2) is 0 Å². The molecule has 0 radical (unpaired) electrons. The lowest BCUT2D eigenvalue weighted by Gasteiger charge is -2.21. The average Bonchev–Trinajstić information content (AvgIpc) is 2.33. The Morgan fingerprint density at radius 1 is 1.54 bits per heavy atom. The van der Waals surface area contributed by atoms with Gasteiger partial charge in [0.05, 0.1) is 12.0 Å². The van der Waals surface area contributed by atoms with Gasteiger partial charge in [-0.25, -0.2) is 9.18 Å². The second-order valence-corrected chi connectivity index (χ2v) is 4.40. The average molecular weight is 189 g/mol. The van der Waals surface area contributed by atoms with Crippen molar-refractivity contribution in [3.8, 4) is 0 Å². The van der Waals surface area contributed by atoms with E-state index >= 15 is 0 Å². The molecule has 1 aliphatic rings. The molecule has 0 aliphatic carbocycles. The Bertz CT molecular complexity index is 200. The molecule has 0 spiro atoms. The van der Waals surface area contributed by atoms with Crippen molar-refractivity contribution in [1.29, 1.82) is 0 Å². The molecule has 1 aliphatic heterocycles. The first-order valence-corrected chi connectivity index (χ1v) is 4.51. The molecule has 0 aromatic rings. The number of hydrogen-bond donors (Lipinski definition) is 0. The summed E-state index contributed by atoms with van der Waals surface area (Å²) in [4.78, 5) is 16.3. The van der Waals surface area contributed by atoms with Gasteiger partial charge < -0.3 is 4.84 Å². The van der Waals surface area contributed by atoms with E-state index in [4.69, 9.17) is 4.84 Å². The lowest BCUT2D eigenvalue weighted by atomic mass is 9.98. The number of rotatable bonds is 1. The monoisotopic (exact) mass is 189 g/mol. The molecule has 0 aromatic carbocycles. The van der Waals surface area contributed by atoms with E-state index in [0.717, 1.165) is 0 Å². The topological polar surface area (TPSA) is 29.5 Å². The molecule has 76 valence electrons. The lowest BCUT2D eigenvalue weighted by molar-refractivity contribution is -0.195. The number of hydrogen-bond acceptors (Lipinski definition) is 3. The van der Waals surface area contributed by atoms with E-state index in [1.54, 1.807) is 20.8 Å². The summed E-state index contributed by atoms with van der Waals surface area (Å²) < 4.78 is 12.7. The van der Waals surface area contributed by atoms with Crippen molar-refractivity contribution < 1.29 is 14.0 Å². The van der Waals surface area contributed by atoms with Crippen molar-refractivity contribution in [2.45, 2.75) is 33.4 Å². The maximum absolute atomic E-state index is 12.7. The Morgan fingerprint density at radius 2 is 2.15 bits per heavy atom. The summed E-state index contributed by atoms with van der Waals surface area (Å²) in [6.07, 6.45) is -0.398. The largest absolute Gasteiger partial charge is 0.367 e. The third-order valence-corrected chi connectivity index (χ3v) is 1.92. The van der Waals surface area contributed by atoms with Crippen molar-refractivity contribution in [1.82, 2.24) is 5.06 Å². The fraction of sp³-hybridized carbons (Fsp3) is 0.889. The summed E-state index contributed by atoms with van der Waals surface area (Å²) in [7, 11) is 0. The van der Waals surface area contributed by atoms with Crippen LogP contribution in [0.5, 0.6) is 0 Å². The van der Waals surface area contributed by atoms with Crippen LogP contribution in [0.1, 0.15) is 27.2 Å². The van der Waals surface area contributed by atoms with E-state index in [-0.39, 0.29) is 12.5 Å². The van der Waals surface area contributed by atoms with E-state index in [0.29, 0.717) is 13.0 Å². The Kier molecular flexibility index (Phi) is 2.91. The standard InChI is InChI=1S/C9H16FNO2/c1-9(2,3)8(12)13-11-5-4-7(10)6-11/h7H,4-6H2,1-3H3/t7-/m1/s1. The molecule has 0 saturated carbocycles. The highest BCUT2D eigenvalue weighted by Gasteiger charge is 2.30. The van der Waals surface area contributed by atoms with Gasteiger partial charge in [0.2, 0.25) is 0 Å². The molecule has 1 saturated heterocycles. The second kappa shape index (κ2) is 3.62. The Hall–Kier alpha value is -0.640. The molecule has 1 fully saturated rings. The SMILES string of the molecule is CC(C)(C)C(=O)ON1CC[C@@H](F)C1. The highest BCUT2D eigenvalue weighted by molar-refractivity contribution is 5.75. The minimum absolute atomic E-state index is 0.210. The van der Waals surface area contributed by atoms with Crippen LogP contribution in [-0.4, -0.2) is 30.3 Å². The first-order chi connectivity index (χ1) is 5.89. The minimum atomic E-state index is -0.854. The van der Waals surface area contributed by atoms with Crippen LogP contribution < -0.4 is 0 Å². The summed E-state index contributed by atoms with van der Waals surface area (Å²) in [5.74, 6) is -0.304. The van der Waals surface area contributed by atoms with Crippen molar-refractivity contribution >= 4 is 5.97 Å². The summed E-state index contributed by atoms with van der Waals surface area (Å²) in [6.45, 7) is 6.04. The molecule has 0 amide bonds. The van der Waals surface area contributed by atoms with Crippen molar-refractivity contribution in [3.63, 3.8) is 0 Å². The van der Waals surface area contributed by atoms with Gasteiger partial charge in [-0.1, -0.05) is 0 Å². The fourth-order valence-electron chi connectivity index (χ4n) is 1.02. The third-order valence-electron chi connectivity index (χ3n) is 1.92. The first-order valence-electron chi connectivity index (χ1n) is 4.51. The second-order valence-electron chi connectivity index (χ2n) is 4.40. The molecule has 0 aromatic heterocycles. The normalized spacial score (nSPS) is 24.8. The molecular weight excluding hydrogens is 173 g/mol. The Labute approximate surface area is 77.8 Å². The zero-order valence-electron chi connectivity index (χ0n) is 8.34. The van der Waals surface area contributed by atoms with Crippen molar-refractivity contribution in [2.24, 2.45) is 5.41 Å². The van der Waals surface area contributed by atoms with Crippen LogP contribution in [0.2, 0.25) is 0 Å².